The highest BCUT2D eigenvalue weighted by Gasteiger charge is 2.26. The second-order valence-electron chi connectivity index (χ2n) is 7.76. The fourth-order valence-corrected chi connectivity index (χ4v) is 4.27. The second-order valence-corrected chi connectivity index (χ2v) is 9.06. The summed E-state index contributed by atoms with van der Waals surface area (Å²) >= 11 is 1.39. The third kappa shape index (κ3) is 4.89. The molecule has 0 spiro atoms. The minimum absolute atomic E-state index is 0.0588. The number of amides is 1. The molecular weight excluding hydrogens is 358 g/mol. The first-order valence-corrected chi connectivity index (χ1v) is 10.7. The molecule has 1 aromatic heterocycles. The van der Waals surface area contributed by atoms with Gasteiger partial charge in [-0.05, 0) is 59.7 Å². The molecule has 0 unspecified atom stereocenters. The van der Waals surface area contributed by atoms with Crippen LogP contribution in [0.3, 0.4) is 0 Å². The van der Waals surface area contributed by atoms with Crippen molar-refractivity contribution in [3.8, 4) is 5.69 Å². The van der Waals surface area contributed by atoms with Crippen LogP contribution in [0.25, 0.3) is 5.69 Å². The first-order chi connectivity index (χ1) is 13.0. The van der Waals surface area contributed by atoms with Gasteiger partial charge in [0.1, 0.15) is 0 Å². The van der Waals surface area contributed by atoms with Gasteiger partial charge in [0.25, 0.3) is 0 Å². The number of benzene rings is 1. The second kappa shape index (κ2) is 8.87. The molecule has 2 aromatic rings. The lowest BCUT2D eigenvalue weighted by atomic mass is 9.86. The minimum atomic E-state index is -0.251. The van der Waals surface area contributed by atoms with E-state index in [1.165, 1.54) is 36.6 Å². The molecule has 1 fully saturated rings. The molecule has 0 aliphatic heterocycles. The third-order valence-electron chi connectivity index (χ3n) is 5.34. The molecule has 1 aromatic carbocycles. The van der Waals surface area contributed by atoms with E-state index in [0.717, 1.165) is 12.1 Å². The Kier molecular flexibility index (Phi) is 6.52. The van der Waals surface area contributed by atoms with E-state index in [-0.39, 0.29) is 17.2 Å². The number of tetrazole rings is 1. The number of rotatable bonds is 6. The molecule has 3 atom stereocenters. The van der Waals surface area contributed by atoms with E-state index in [0.29, 0.717) is 17.0 Å². The van der Waals surface area contributed by atoms with Gasteiger partial charge < -0.3 is 5.32 Å². The summed E-state index contributed by atoms with van der Waals surface area (Å²) in [6, 6.07) is 8.51. The predicted octanol–water partition coefficient (Wildman–Crippen LogP) is 3.96. The van der Waals surface area contributed by atoms with Crippen LogP contribution < -0.4 is 5.32 Å². The Morgan fingerprint density at radius 1 is 1.19 bits per heavy atom. The summed E-state index contributed by atoms with van der Waals surface area (Å²) in [5.74, 6) is 1.08. The number of carbonyl (C=O) groups is 1. The molecule has 1 amide bonds. The Bertz CT molecular complexity index is 758. The standard InChI is InChI=1S/C20H29N5OS/c1-13(2)16-9-11-17(12-10-16)25-20(22-23-24-25)27-15(4)19(26)21-18-8-6-5-7-14(18)3/h9-15,18H,5-8H2,1-4H3,(H,21,26)/t14-,15+,18+/m0/s1. The fraction of sp³-hybridized carbons (Fsp3) is 0.600. The van der Waals surface area contributed by atoms with Crippen molar-refractivity contribution in [1.82, 2.24) is 25.5 Å². The van der Waals surface area contributed by atoms with E-state index < -0.39 is 0 Å². The van der Waals surface area contributed by atoms with Crippen LogP contribution in [0, 0.1) is 5.92 Å². The Balaban J connectivity index is 1.65. The summed E-state index contributed by atoms with van der Waals surface area (Å²) in [5.41, 5.74) is 2.18. The molecule has 146 valence electrons. The van der Waals surface area contributed by atoms with Gasteiger partial charge in [-0.25, -0.2) is 0 Å². The largest absolute Gasteiger partial charge is 0.352 e. The van der Waals surface area contributed by atoms with Gasteiger partial charge in [0.2, 0.25) is 11.1 Å². The maximum absolute atomic E-state index is 12.6. The van der Waals surface area contributed by atoms with Crippen molar-refractivity contribution in [1.29, 1.82) is 0 Å². The van der Waals surface area contributed by atoms with Crippen molar-refractivity contribution >= 4 is 17.7 Å². The van der Waals surface area contributed by atoms with Gasteiger partial charge in [-0.2, -0.15) is 4.68 Å². The Hall–Kier alpha value is -1.89. The number of thioether (sulfide) groups is 1. The minimum Gasteiger partial charge on any atom is -0.352 e. The van der Waals surface area contributed by atoms with Gasteiger partial charge in [-0.1, -0.05) is 57.5 Å². The van der Waals surface area contributed by atoms with E-state index in [4.69, 9.17) is 0 Å². The lowest BCUT2D eigenvalue weighted by Crippen LogP contribution is -2.44. The highest BCUT2D eigenvalue weighted by molar-refractivity contribution is 8.00. The smallest absolute Gasteiger partial charge is 0.233 e. The van der Waals surface area contributed by atoms with Crippen molar-refractivity contribution in [2.45, 2.75) is 75.7 Å². The Labute approximate surface area is 165 Å². The molecule has 0 radical (unpaired) electrons. The first-order valence-electron chi connectivity index (χ1n) is 9.81. The summed E-state index contributed by atoms with van der Waals surface area (Å²) in [5, 5.41) is 15.6. The van der Waals surface area contributed by atoms with Crippen LogP contribution in [-0.4, -0.2) is 37.4 Å². The molecule has 27 heavy (non-hydrogen) atoms. The van der Waals surface area contributed by atoms with Gasteiger partial charge in [0, 0.05) is 6.04 Å². The van der Waals surface area contributed by atoms with E-state index in [9.17, 15) is 4.79 Å². The number of nitrogens with one attached hydrogen (secondary N) is 1. The van der Waals surface area contributed by atoms with Crippen molar-refractivity contribution < 1.29 is 4.79 Å². The quantitative estimate of drug-likeness (QED) is 0.760. The zero-order chi connectivity index (χ0) is 19.4. The third-order valence-corrected chi connectivity index (χ3v) is 6.37. The van der Waals surface area contributed by atoms with Crippen molar-refractivity contribution in [2.75, 3.05) is 0 Å². The summed E-state index contributed by atoms with van der Waals surface area (Å²) in [6.45, 7) is 8.47. The summed E-state index contributed by atoms with van der Waals surface area (Å²) in [4.78, 5) is 12.6. The van der Waals surface area contributed by atoms with Gasteiger partial charge in [-0.3, -0.25) is 4.79 Å². The molecule has 1 saturated carbocycles. The van der Waals surface area contributed by atoms with Gasteiger partial charge >= 0.3 is 0 Å². The van der Waals surface area contributed by atoms with E-state index in [2.05, 4.69) is 53.7 Å². The Morgan fingerprint density at radius 3 is 2.56 bits per heavy atom. The number of nitrogens with zero attached hydrogens (tertiary/aromatic N) is 4. The molecule has 0 saturated heterocycles. The molecule has 0 bridgehead atoms. The van der Waals surface area contributed by atoms with Crippen LogP contribution in [0.15, 0.2) is 29.4 Å². The van der Waals surface area contributed by atoms with Crippen LogP contribution in [0.2, 0.25) is 0 Å². The summed E-state index contributed by atoms with van der Waals surface area (Å²) in [6.07, 6.45) is 4.73. The van der Waals surface area contributed by atoms with Crippen LogP contribution in [0.5, 0.6) is 0 Å². The highest BCUT2D eigenvalue weighted by atomic mass is 32.2. The van der Waals surface area contributed by atoms with Crippen molar-refractivity contribution in [3.05, 3.63) is 29.8 Å². The van der Waals surface area contributed by atoms with Gasteiger partial charge in [0.15, 0.2) is 0 Å². The fourth-order valence-electron chi connectivity index (χ4n) is 3.46. The predicted molar refractivity (Wildman–Crippen MR) is 108 cm³/mol. The average Bonchev–Trinajstić information content (AvgIpc) is 3.11. The highest BCUT2D eigenvalue weighted by Crippen LogP contribution is 2.26. The number of aromatic nitrogens is 4. The van der Waals surface area contributed by atoms with Crippen LogP contribution in [-0.2, 0) is 4.79 Å². The van der Waals surface area contributed by atoms with E-state index >= 15 is 0 Å². The summed E-state index contributed by atoms with van der Waals surface area (Å²) < 4.78 is 1.70. The molecule has 7 heteroatoms. The van der Waals surface area contributed by atoms with Gasteiger partial charge in [-0.15, -0.1) is 5.10 Å². The molecule has 1 aliphatic rings. The monoisotopic (exact) mass is 387 g/mol. The lowest BCUT2D eigenvalue weighted by molar-refractivity contribution is -0.121. The number of hydrogen-bond donors (Lipinski definition) is 1. The van der Waals surface area contributed by atoms with Crippen molar-refractivity contribution in [2.24, 2.45) is 5.92 Å². The van der Waals surface area contributed by atoms with Gasteiger partial charge in [0.05, 0.1) is 10.9 Å². The average molecular weight is 388 g/mol. The molecule has 1 N–H and O–H groups in total. The maximum Gasteiger partial charge on any atom is 0.233 e. The molecule has 3 rings (SSSR count). The molecule has 6 nitrogen and oxygen atoms in total. The van der Waals surface area contributed by atoms with Crippen LogP contribution in [0.4, 0.5) is 0 Å². The van der Waals surface area contributed by atoms with Crippen molar-refractivity contribution in [3.63, 3.8) is 0 Å². The SMILES string of the molecule is CC(C)c1ccc(-n2nnnc2S[C@H](C)C(=O)N[C@@H]2CCCC[C@@H]2C)cc1. The van der Waals surface area contributed by atoms with E-state index in [1.807, 2.05) is 19.1 Å². The Morgan fingerprint density at radius 2 is 1.89 bits per heavy atom. The molecular formula is C20H29N5OS. The maximum atomic E-state index is 12.6. The number of carbonyl (C=O) groups excluding carboxylic acids is 1. The van der Waals surface area contributed by atoms with Crippen LogP contribution in [0.1, 0.15) is 64.9 Å². The first kappa shape index (κ1) is 19.9. The lowest BCUT2D eigenvalue weighted by Gasteiger charge is -2.30. The molecule has 1 aliphatic carbocycles. The normalized spacial score (nSPS) is 21.2. The zero-order valence-corrected chi connectivity index (χ0v) is 17.4. The van der Waals surface area contributed by atoms with E-state index in [1.54, 1.807) is 4.68 Å². The number of hydrogen-bond acceptors (Lipinski definition) is 5. The molecule has 1 heterocycles. The zero-order valence-electron chi connectivity index (χ0n) is 16.6. The topological polar surface area (TPSA) is 72.7 Å². The van der Waals surface area contributed by atoms with Crippen LogP contribution >= 0.6 is 11.8 Å². The summed E-state index contributed by atoms with van der Waals surface area (Å²) in [7, 11) is 0.